The number of carbonyl (C=O) groups is 1. The van der Waals surface area contributed by atoms with Gasteiger partial charge in [-0.15, -0.1) is 0 Å². The zero-order valence-electron chi connectivity index (χ0n) is 9.66. The largest absolute Gasteiger partial charge is 0.390 e. The lowest BCUT2D eigenvalue weighted by atomic mass is 10.0. The first-order valence-corrected chi connectivity index (χ1v) is 5.79. The molecule has 1 saturated carbocycles. The molecule has 0 radical (unpaired) electrons. The molecular formula is C13H14FNO2. The van der Waals surface area contributed by atoms with E-state index in [1.54, 1.807) is 7.05 Å². The van der Waals surface area contributed by atoms with Crippen molar-refractivity contribution < 1.29 is 14.3 Å². The van der Waals surface area contributed by atoms with Crippen molar-refractivity contribution in [2.75, 3.05) is 11.9 Å². The number of hydrogen-bond acceptors (Lipinski definition) is 2. The van der Waals surface area contributed by atoms with Gasteiger partial charge in [-0.25, -0.2) is 4.39 Å². The van der Waals surface area contributed by atoms with E-state index in [4.69, 9.17) is 0 Å². The lowest BCUT2D eigenvalue weighted by Gasteiger charge is -2.13. The summed E-state index contributed by atoms with van der Waals surface area (Å²) in [5.74, 6) is -0.448. The summed E-state index contributed by atoms with van der Waals surface area (Å²) in [6.45, 7) is 0. The molecule has 3 nitrogen and oxygen atoms in total. The Hall–Kier alpha value is -1.42. The lowest BCUT2D eigenvalue weighted by Crippen LogP contribution is -2.21. The van der Waals surface area contributed by atoms with Gasteiger partial charge in [0.2, 0.25) is 5.91 Å². The number of anilines is 1. The van der Waals surface area contributed by atoms with Gasteiger partial charge in [-0.3, -0.25) is 4.79 Å². The van der Waals surface area contributed by atoms with E-state index in [0.29, 0.717) is 12.1 Å². The van der Waals surface area contributed by atoms with Crippen molar-refractivity contribution in [3.05, 3.63) is 29.1 Å². The molecule has 1 aromatic rings. The van der Waals surface area contributed by atoms with Crippen LogP contribution in [0.3, 0.4) is 0 Å². The maximum absolute atomic E-state index is 13.9. The molecule has 0 aromatic heterocycles. The van der Waals surface area contributed by atoms with Gasteiger partial charge in [-0.05, 0) is 30.0 Å². The van der Waals surface area contributed by atoms with Gasteiger partial charge in [0, 0.05) is 13.5 Å². The third kappa shape index (κ3) is 1.72. The van der Waals surface area contributed by atoms with Gasteiger partial charge in [0.05, 0.1) is 17.7 Å². The van der Waals surface area contributed by atoms with Crippen LogP contribution in [0.4, 0.5) is 10.1 Å². The highest BCUT2D eigenvalue weighted by molar-refractivity contribution is 6.01. The van der Waals surface area contributed by atoms with Crippen LogP contribution in [0.1, 0.15) is 24.0 Å². The van der Waals surface area contributed by atoms with Crippen LogP contribution in [0.25, 0.3) is 0 Å². The molecule has 90 valence electrons. The van der Waals surface area contributed by atoms with Crippen molar-refractivity contribution in [2.24, 2.45) is 0 Å². The molecule has 0 saturated heterocycles. The van der Waals surface area contributed by atoms with Crippen molar-refractivity contribution in [1.82, 2.24) is 0 Å². The summed E-state index contributed by atoms with van der Waals surface area (Å²) < 4.78 is 13.9. The molecule has 0 spiro atoms. The Morgan fingerprint density at radius 2 is 2.18 bits per heavy atom. The number of likely N-dealkylation sites (N-methyl/N-ethyl adjacent to an activating group) is 1. The number of rotatable bonds is 2. The van der Waals surface area contributed by atoms with Crippen LogP contribution < -0.4 is 4.90 Å². The van der Waals surface area contributed by atoms with Crippen LogP contribution in [-0.4, -0.2) is 23.7 Å². The highest BCUT2D eigenvalue weighted by Gasteiger charge is 2.40. The van der Waals surface area contributed by atoms with Crippen LogP contribution in [0.2, 0.25) is 0 Å². The standard InChI is InChI=1S/C13H14FNO2/c1-15-11(16)6-9-4-8(5-10(14)12(9)15)7-13(17)2-3-13/h4-5,17H,2-3,6-7H2,1H3. The molecule has 0 bridgehead atoms. The average Bonchev–Trinajstić information content (AvgIpc) is 2.86. The van der Waals surface area contributed by atoms with Gasteiger partial charge in [0.15, 0.2) is 0 Å². The molecule has 0 atom stereocenters. The van der Waals surface area contributed by atoms with E-state index in [1.807, 2.05) is 6.07 Å². The summed E-state index contributed by atoms with van der Waals surface area (Å²) in [7, 11) is 1.59. The second kappa shape index (κ2) is 3.29. The zero-order valence-corrected chi connectivity index (χ0v) is 9.66. The summed E-state index contributed by atoms with van der Waals surface area (Å²) in [5, 5.41) is 9.83. The molecule has 0 unspecified atom stereocenters. The topological polar surface area (TPSA) is 40.5 Å². The second-order valence-electron chi connectivity index (χ2n) is 5.12. The monoisotopic (exact) mass is 235 g/mol. The van der Waals surface area contributed by atoms with Crippen molar-refractivity contribution >= 4 is 11.6 Å². The smallest absolute Gasteiger partial charge is 0.231 e. The first-order chi connectivity index (χ1) is 7.98. The number of nitrogens with zero attached hydrogens (tertiary/aromatic N) is 1. The van der Waals surface area contributed by atoms with Crippen molar-refractivity contribution in [3.8, 4) is 0 Å². The van der Waals surface area contributed by atoms with E-state index in [1.165, 1.54) is 11.0 Å². The van der Waals surface area contributed by atoms with Gasteiger partial charge < -0.3 is 10.0 Å². The van der Waals surface area contributed by atoms with Crippen LogP contribution >= 0.6 is 0 Å². The van der Waals surface area contributed by atoms with Gasteiger partial charge in [0.1, 0.15) is 5.82 Å². The number of carbonyl (C=O) groups excluding carboxylic acids is 1. The van der Waals surface area contributed by atoms with Gasteiger partial charge >= 0.3 is 0 Å². The maximum atomic E-state index is 13.9. The molecule has 1 amide bonds. The number of benzene rings is 1. The van der Waals surface area contributed by atoms with E-state index in [9.17, 15) is 14.3 Å². The van der Waals surface area contributed by atoms with Crippen molar-refractivity contribution in [2.45, 2.75) is 31.3 Å². The Morgan fingerprint density at radius 3 is 2.82 bits per heavy atom. The maximum Gasteiger partial charge on any atom is 0.231 e. The molecule has 17 heavy (non-hydrogen) atoms. The van der Waals surface area contributed by atoms with Crippen LogP contribution in [-0.2, 0) is 17.6 Å². The lowest BCUT2D eigenvalue weighted by molar-refractivity contribution is -0.117. The van der Waals surface area contributed by atoms with Gasteiger partial charge in [0.25, 0.3) is 0 Å². The minimum atomic E-state index is -0.630. The molecule has 1 aliphatic carbocycles. The minimum absolute atomic E-state index is 0.0822. The van der Waals surface area contributed by atoms with E-state index in [-0.39, 0.29) is 18.1 Å². The second-order valence-corrected chi connectivity index (χ2v) is 5.12. The third-order valence-corrected chi connectivity index (χ3v) is 3.61. The molecular weight excluding hydrogens is 221 g/mol. The molecule has 2 aliphatic rings. The summed E-state index contributed by atoms with van der Waals surface area (Å²) in [6.07, 6.45) is 2.30. The molecule has 3 rings (SSSR count). The quantitative estimate of drug-likeness (QED) is 0.842. The Balaban J connectivity index is 1.97. The summed E-state index contributed by atoms with van der Waals surface area (Å²) in [6, 6.07) is 3.28. The van der Waals surface area contributed by atoms with E-state index >= 15 is 0 Å². The Labute approximate surface area is 98.9 Å². The zero-order chi connectivity index (χ0) is 12.2. The summed E-state index contributed by atoms with van der Waals surface area (Å²) in [5.41, 5.74) is 1.28. The fraction of sp³-hybridized carbons (Fsp3) is 0.462. The first kappa shape index (κ1) is 10.7. The van der Waals surface area contributed by atoms with Crippen molar-refractivity contribution in [1.29, 1.82) is 0 Å². The molecule has 1 aliphatic heterocycles. The predicted molar refractivity (Wildman–Crippen MR) is 61.4 cm³/mol. The predicted octanol–water partition coefficient (Wildman–Crippen LogP) is 1.41. The molecule has 1 aromatic carbocycles. The fourth-order valence-electron chi connectivity index (χ4n) is 2.44. The number of fused-ring (bicyclic) bond motifs is 1. The van der Waals surface area contributed by atoms with Crippen LogP contribution in [0, 0.1) is 5.82 Å². The summed E-state index contributed by atoms with van der Waals surface area (Å²) >= 11 is 0. The van der Waals surface area contributed by atoms with E-state index in [2.05, 4.69) is 0 Å². The van der Waals surface area contributed by atoms with Crippen LogP contribution in [0.15, 0.2) is 12.1 Å². The van der Waals surface area contributed by atoms with Crippen LogP contribution in [0.5, 0.6) is 0 Å². The van der Waals surface area contributed by atoms with Gasteiger partial charge in [-0.2, -0.15) is 0 Å². The molecule has 1 fully saturated rings. The van der Waals surface area contributed by atoms with E-state index in [0.717, 1.165) is 24.0 Å². The highest BCUT2D eigenvalue weighted by atomic mass is 19.1. The average molecular weight is 235 g/mol. The van der Waals surface area contributed by atoms with Crippen molar-refractivity contribution in [3.63, 3.8) is 0 Å². The highest BCUT2D eigenvalue weighted by Crippen LogP contribution is 2.40. The summed E-state index contributed by atoms with van der Waals surface area (Å²) in [4.78, 5) is 12.9. The first-order valence-electron chi connectivity index (χ1n) is 5.79. The molecule has 1 N–H and O–H groups in total. The number of halogens is 1. The molecule has 4 heteroatoms. The normalized spacial score (nSPS) is 20.6. The molecule has 1 heterocycles. The number of hydrogen-bond donors (Lipinski definition) is 1. The number of amides is 1. The number of aliphatic hydroxyl groups is 1. The van der Waals surface area contributed by atoms with E-state index < -0.39 is 5.60 Å². The SMILES string of the molecule is CN1C(=O)Cc2cc(CC3(O)CC3)cc(F)c21. The van der Waals surface area contributed by atoms with Gasteiger partial charge in [-0.1, -0.05) is 6.07 Å². The Bertz CT molecular complexity index is 508. The Kier molecular flexibility index (Phi) is 2.08. The third-order valence-electron chi connectivity index (χ3n) is 3.61. The minimum Gasteiger partial charge on any atom is -0.390 e. The fourth-order valence-corrected chi connectivity index (χ4v) is 2.44. The Morgan fingerprint density at radius 1 is 1.47 bits per heavy atom.